The molecule has 1 atom stereocenters. The molecule has 0 bridgehead atoms. The Morgan fingerprint density at radius 2 is 1.90 bits per heavy atom. The molecule has 1 aromatic heterocycles. The van der Waals surface area contributed by atoms with Gasteiger partial charge in [0.05, 0.1) is 12.0 Å². The topological polar surface area (TPSA) is 88.8 Å². The van der Waals surface area contributed by atoms with Crippen LogP contribution in [0.1, 0.15) is 17.6 Å². The minimum atomic E-state index is -3.69. The lowest BCUT2D eigenvalue weighted by Gasteiger charge is -2.10. The average molecular weight is 311 g/mol. The molecule has 21 heavy (non-hydrogen) atoms. The van der Waals surface area contributed by atoms with Gasteiger partial charge in [0.25, 0.3) is 0 Å². The number of rotatable bonds is 6. The van der Waals surface area contributed by atoms with Gasteiger partial charge in [-0.1, -0.05) is 0 Å². The molecule has 2 N–H and O–H groups in total. The van der Waals surface area contributed by atoms with Gasteiger partial charge in [0, 0.05) is 6.54 Å². The Labute approximate surface area is 123 Å². The van der Waals surface area contributed by atoms with Gasteiger partial charge in [0.2, 0.25) is 10.0 Å². The molecule has 6 nitrogen and oxygen atoms in total. The molecule has 114 valence electrons. The normalized spacial score (nSPS) is 13.1. The fourth-order valence-electron chi connectivity index (χ4n) is 1.76. The van der Waals surface area contributed by atoms with E-state index in [-0.39, 0.29) is 11.4 Å². The zero-order valence-electron chi connectivity index (χ0n) is 11.7. The molecule has 0 amide bonds. The van der Waals surface area contributed by atoms with Crippen LogP contribution in [-0.4, -0.2) is 27.2 Å². The van der Waals surface area contributed by atoms with Crippen molar-refractivity contribution in [3.8, 4) is 5.75 Å². The minimum absolute atomic E-state index is 0.103. The van der Waals surface area contributed by atoms with E-state index < -0.39 is 16.1 Å². The van der Waals surface area contributed by atoms with Crippen molar-refractivity contribution in [2.75, 3.05) is 13.7 Å². The molecule has 0 radical (unpaired) electrons. The number of hydrogen-bond acceptors (Lipinski definition) is 5. The van der Waals surface area contributed by atoms with Gasteiger partial charge in [-0.15, -0.1) is 0 Å². The Hall–Kier alpha value is -1.83. The highest BCUT2D eigenvalue weighted by atomic mass is 32.2. The molecule has 0 aliphatic rings. The summed E-state index contributed by atoms with van der Waals surface area (Å²) >= 11 is 0. The molecule has 2 rings (SSSR count). The lowest BCUT2D eigenvalue weighted by molar-refractivity contribution is 0.152. The highest BCUT2D eigenvalue weighted by Gasteiger charge is 2.18. The summed E-state index contributed by atoms with van der Waals surface area (Å²) in [5, 5.41) is 9.89. The zero-order chi connectivity index (χ0) is 15.5. The molecule has 0 saturated heterocycles. The molecule has 0 fully saturated rings. The predicted octanol–water partition coefficient (Wildman–Crippen LogP) is 1.61. The number of hydrogen-bond donors (Lipinski definition) is 2. The largest absolute Gasteiger partial charge is 0.497 e. The highest BCUT2D eigenvalue weighted by Crippen LogP contribution is 2.18. The van der Waals surface area contributed by atoms with Gasteiger partial charge in [0.15, 0.2) is 0 Å². The Morgan fingerprint density at radius 3 is 2.43 bits per heavy atom. The molecule has 1 heterocycles. The van der Waals surface area contributed by atoms with Crippen LogP contribution in [0.15, 0.2) is 45.7 Å². The molecule has 2 aromatic rings. The van der Waals surface area contributed by atoms with Crippen molar-refractivity contribution < 1.29 is 22.7 Å². The second-order valence-electron chi connectivity index (χ2n) is 4.49. The number of aliphatic hydroxyl groups excluding tert-OH is 1. The molecule has 0 aliphatic carbocycles. The zero-order valence-corrected chi connectivity index (χ0v) is 12.6. The van der Waals surface area contributed by atoms with Crippen LogP contribution in [0.3, 0.4) is 0 Å². The fourth-order valence-corrected chi connectivity index (χ4v) is 2.80. The van der Waals surface area contributed by atoms with E-state index in [4.69, 9.17) is 9.15 Å². The van der Waals surface area contributed by atoms with Crippen molar-refractivity contribution in [3.63, 3.8) is 0 Å². The summed E-state index contributed by atoms with van der Waals surface area (Å²) in [5.41, 5.74) is 0. The fraction of sp³-hybridized carbons (Fsp3) is 0.286. The minimum Gasteiger partial charge on any atom is -0.497 e. The number of ether oxygens (including phenoxy) is 1. The molecule has 0 spiro atoms. The number of sulfonamides is 1. The van der Waals surface area contributed by atoms with E-state index in [0.29, 0.717) is 17.3 Å². The van der Waals surface area contributed by atoms with Crippen LogP contribution in [0.5, 0.6) is 5.75 Å². The van der Waals surface area contributed by atoms with E-state index in [9.17, 15) is 13.5 Å². The quantitative estimate of drug-likeness (QED) is 0.846. The summed E-state index contributed by atoms with van der Waals surface area (Å²) in [5.74, 6) is 1.55. The first-order valence-electron chi connectivity index (χ1n) is 6.30. The van der Waals surface area contributed by atoms with Gasteiger partial charge < -0.3 is 14.3 Å². The Morgan fingerprint density at radius 1 is 1.24 bits per heavy atom. The maximum absolute atomic E-state index is 12.1. The molecular formula is C14H17NO5S. The Bertz CT molecular complexity index is 690. The molecule has 7 heteroatoms. The Kier molecular flexibility index (Phi) is 4.66. The van der Waals surface area contributed by atoms with Crippen LogP contribution in [0.25, 0.3) is 0 Å². The van der Waals surface area contributed by atoms with E-state index in [1.165, 1.54) is 19.2 Å². The number of aliphatic hydroxyl groups is 1. The first-order chi connectivity index (χ1) is 9.92. The van der Waals surface area contributed by atoms with E-state index in [2.05, 4.69) is 4.72 Å². The van der Waals surface area contributed by atoms with Crippen molar-refractivity contribution in [1.82, 2.24) is 4.72 Å². The summed E-state index contributed by atoms with van der Waals surface area (Å²) in [6.07, 6.45) is -1.04. The maximum Gasteiger partial charge on any atom is 0.240 e. The van der Waals surface area contributed by atoms with Crippen LogP contribution in [0, 0.1) is 6.92 Å². The third-order valence-electron chi connectivity index (χ3n) is 2.93. The van der Waals surface area contributed by atoms with Crippen LogP contribution >= 0.6 is 0 Å². The van der Waals surface area contributed by atoms with Crippen LogP contribution < -0.4 is 9.46 Å². The van der Waals surface area contributed by atoms with Crippen LogP contribution in [0.4, 0.5) is 0 Å². The highest BCUT2D eigenvalue weighted by molar-refractivity contribution is 7.89. The number of nitrogens with one attached hydrogen (secondary N) is 1. The second kappa shape index (κ2) is 6.30. The smallest absolute Gasteiger partial charge is 0.240 e. The van der Waals surface area contributed by atoms with E-state index in [0.717, 1.165) is 0 Å². The van der Waals surface area contributed by atoms with E-state index >= 15 is 0 Å². The SMILES string of the molecule is COc1ccc(S(=O)(=O)NCC(O)c2ccc(C)o2)cc1. The maximum atomic E-state index is 12.1. The predicted molar refractivity (Wildman–Crippen MR) is 76.6 cm³/mol. The van der Waals surface area contributed by atoms with Crippen molar-refractivity contribution >= 4 is 10.0 Å². The summed E-state index contributed by atoms with van der Waals surface area (Å²) in [4.78, 5) is 0.103. The van der Waals surface area contributed by atoms with Crippen molar-refractivity contribution in [3.05, 3.63) is 47.9 Å². The molecule has 1 aromatic carbocycles. The molecular weight excluding hydrogens is 294 g/mol. The van der Waals surface area contributed by atoms with Gasteiger partial charge in [-0.3, -0.25) is 0 Å². The number of aryl methyl sites for hydroxylation is 1. The van der Waals surface area contributed by atoms with Crippen LogP contribution in [-0.2, 0) is 10.0 Å². The number of benzene rings is 1. The molecule has 1 unspecified atom stereocenters. The third-order valence-corrected chi connectivity index (χ3v) is 4.37. The van der Waals surface area contributed by atoms with Gasteiger partial charge in [-0.2, -0.15) is 0 Å². The van der Waals surface area contributed by atoms with Gasteiger partial charge in [0.1, 0.15) is 23.4 Å². The standard InChI is InChI=1S/C14H17NO5S/c1-10-3-8-14(20-10)13(16)9-15-21(17,18)12-6-4-11(19-2)5-7-12/h3-8,13,15-16H,9H2,1-2H3. The number of methoxy groups -OCH3 is 1. The summed E-state index contributed by atoms with van der Waals surface area (Å²) in [6, 6.07) is 9.30. The van der Waals surface area contributed by atoms with E-state index in [1.807, 2.05) is 0 Å². The Balaban J connectivity index is 2.03. The average Bonchev–Trinajstić information content (AvgIpc) is 2.91. The lowest BCUT2D eigenvalue weighted by atomic mass is 10.3. The molecule has 0 aliphatic heterocycles. The van der Waals surface area contributed by atoms with Gasteiger partial charge in [-0.05, 0) is 43.3 Å². The first kappa shape index (κ1) is 15.6. The monoisotopic (exact) mass is 311 g/mol. The third kappa shape index (κ3) is 3.84. The second-order valence-corrected chi connectivity index (χ2v) is 6.26. The van der Waals surface area contributed by atoms with Crippen molar-refractivity contribution in [2.24, 2.45) is 0 Å². The summed E-state index contributed by atoms with van der Waals surface area (Å²) in [7, 11) is -2.19. The van der Waals surface area contributed by atoms with Gasteiger partial charge >= 0.3 is 0 Å². The summed E-state index contributed by atoms with van der Waals surface area (Å²) < 4.78 is 36.7. The molecule has 0 saturated carbocycles. The van der Waals surface area contributed by atoms with Gasteiger partial charge in [-0.25, -0.2) is 13.1 Å². The van der Waals surface area contributed by atoms with E-state index in [1.54, 1.807) is 31.2 Å². The van der Waals surface area contributed by atoms with Crippen LogP contribution in [0.2, 0.25) is 0 Å². The first-order valence-corrected chi connectivity index (χ1v) is 7.79. The van der Waals surface area contributed by atoms with Crippen molar-refractivity contribution in [1.29, 1.82) is 0 Å². The number of furan rings is 1. The lowest BCUT2D eigenvalue weighted by Crippen LogP contribution is -2.28. The van der Waals surface area contributed by atoms with Crippen molar-refractivity contribution in [2.45, 2.75) is 17.9 Å². The summed E-state index contributed by atoms with van der Waals surface area (Å²) in [6.45, 7) is 1.58.